The zero-order valence-corrected chi connectivity index (χ0v) is 11.1. The van der Waals surface area contributed by atoms with Crippen LogP contribution in [0.25, 0.3) is 0 Å². The molecule has 0 atom stereocenters. The number of pyridine rings is 1. The highest BCUT2D eigenvalue weighted by atomic mass is 32.2. The summed E-state index contributed by atoms with van der Waals surface area (Å²) in [5, 5.41) is 0. The van der Waals surface area contributed by atoms with Crippen molar-refractivity contribution in [1.82, 2.24) is 9.88 Å². The van der Waals surface area contributed by atoms with E-state index < -0.39 is 9.84 Å². The Morgan fingerprint density at radius 1 is 1.50 bits per heavy atom. The lowest BCUT2D eigenvalue weighted by atomic mass is 10.3. The maximum atomic E-state index is 11.9. The number of carbonyl (C=O) groups excluding carboxylic acids is 1. The van der Waals surface area contributed by atoms with Gasteiger partial charge in [-0.2, -0.15) is 0 Å². The van der Waals surface area contributed by atoms with Gasteiger partial charge in [0.15, 0.2) is 0 Å². The number of nitrogens with two attached hydrogens (primary N) is 1. The third-order valence-corrected chi connectivity index (χ3v) is 3.18. The Bertz CT molecular complexity index is 530. The molecule has 1 rings (SSSR count). The standard InChI is InChI=1S/C10H16N4O3S/c1-14(6-7-18(2,16)17)10(15)8-4-3-5-9(12-8)13-11/h3-5H,6-7,11H2,1-2H3,(H,12,13). The third-order valence-electron chi connectivity index (χ3n) is 2.26. The molecule has 0 fully saturated rings. The lowest BCUT2D eigenvalue weighted by molar-refractivity contribution is 0.0798. The lowest BCUT2D eigenvalue weighted by Gasteiger charge is -2.16. The van der Waals surface area contributed by atoms with Crippen molar-refractivity contribution >= 4 is 21.6 Å². The van der Waals surface area contributed by atoms with E-state index in [1.807, 2.05) is 0 Å². The number of sulfone groups is 1. The van der Waals surface area contributed by atoms with Crippen molar-refractivity contribution in [3.05, 3.63) is 23.9 Å². The lowest BCUT2D eigenvalue weighted by Crippen LogP contribution is -2.32. The van der Waals surface area contributed by atoms with Crippen LogP contribution < -0.4 is 11.3 Å². The Balaban J connectivity index is 2.74. The van der Waals surface area contributed by atoms with E-state index in [9.17, 15) is 13.2 Å². The van der Waals surface area contributed by atoms with Gasteiger partial charge in [0.25, 0.3) is 5.91 Å². The first-order valence-electron chi connectivity index (χ1n) is 5.20. The number of hydrazine groups is 1. The molecule has 0 aliphatic carbocycles. The fraction of sp³-hybridized carbons (Fsp3) is 0.400. The predicted octanol–water partition coefficient (Wildman–Crippen LogP) is -0.516. The second kappa shape index (κ2) is 5.78. The van der Waals surface area contributed by atoms with Crippen LogP contribution in [-0.4, -0.2) is 49.8 Å². The van der Waals surface area contributed by atoms with Crippen LogP contribution in [0.1, 0.15) is 10.5 Å². The maximum absolute atomic E-state index is 11.9. The summed E-state index contributed by atoms with van der Waals surface area (Å²) in [4.78, 5) is 17.2. The van der Waals surface area contributed by atoms with Gasteiger partial charge in [-0.1, -0.05) is 6.07 Å². The van der Waals surface area contributed by atoms with E-state index in [1.165, 1.54) is 11.9 Å². The first kappa shape index (κ1) is 14.4. The molecular formula is C10H16N4O3S. The van der Waals surface area contributed by atoms with Crippen molar-refractivity contribution in [3.8, 4) is 0 Å². The number of carbonyl (C=O) groups is 1. The van der Waals surface area contributed by atoms with Crippen molar-refractivity contribution in [1.29, 1.82) is 0 Å². The van der Waals surface area contributed by atoms with E-state index in [1.54, 1.807) is 18.2 Å². The number of aromatic nitrogens is 1. The predicted molar refractivity (Wildman–Crippen MR) is 68.7 cm³/mol. The fourth-order valence-corrected chi connectivity index (χ4v) is 1.84. The molecule has 1 heterocycles. The Hall–Kier alpha value is -1.67. The van der Waals surface area contributed by atoms with E-state index in [0.717, 1.165) is 6.26 Å². The Morgan fingerprint density at radius 3 is 2.72 bits per heavy atom. The molecule has 3 N–H and O–H groups in total. The minimum atomic E-state index is -3.09. The summed E-state index contributed by atoms with van der Waals surface area (Å²) >= 11 is 0. The summed E-state index contributed by atoms with van der Waals surface area (Å²) in [7, 11) is -1.57. The van der Waals surface area contributed by atoms with Crippen molar-refractivity contribution < 1.29 is 13.2 Å². The molecule has 0 saturated carbocycles. The van der Waals surface area contributed by atoms with E-state index >= 15 is 0 Å². The highest BCUT2D eigenvalue weighted by molar-refractivity contribution is 7.90. The van der Waals surface area contributed by atoms with E-state index in [-0.39, 0.29) is 23.9 Å². The van der Waals surface area contributed by atoms with Crippen molar-refractivity contribution in [2.45, 2.75) is 0 Å². The minimum Gasteiger partial charge on any atom is -0.339 e. The quantitative estimate of drug-likeness (QED) is 0.552. The largest absolute Gasteiger partial charge is 0.339 e. The maximum Gasteiger partial charge on any atom is 0.272 e. The molecule has 0 saturated heterocycles. The number of amides is 1. The van der Waals surface area contributed by atoms with Crippen LogP contribution in [0.5, 0.6) is 0 Å². The molecule has 0 unspecified atom stereocenters. The number of rotatable bonds is 5. The highest BCUT2D eigenvalue weighted by Gasteiger charge is 2.15. The molecule has 1 aromatic rings. The summed E-state index contributed by atoms with van der Waals surface area (Å²) in [5.74, 6) is 5.14. The zero-order valence-electron chi connectivity index (χ0n) is 10.3. The SMILES string of the molecule is CN(CCS(C)(=O)=O)C(=O)c1cccc(NN)n1. The number of nitrogens with zero attached hydrogens (tertiary/aromatic N) is 2. The van der Waals surface area contributed by atoms with Crippen LogP contribution in [0.2, 0.25) is 0 Å². The van der Waals surface area contributed by atoms with Gasteiger partial charge in [-0.05, 0) is 12.1 Å². The molecular weight excluding hydrogens is 256 g/mol. The van der Waals surface area contributed by atoms with Crippen LogP contribution >= 0.6 is 0 Å². The summed E-state index contributed by atoms with van der Waals surface area (Å²) in [5.41, 5.74) is 2.55. The van der Waals surface area contributed by atoms with E-state index in [0.29, 0.717) is 5.82 Å². The Labute approximate surface area is 106 Å². The molecule has 0 bridgehead atoms. The van der Waals surface area contributed by atoms with E-state index in [2.05, 4.69) is 10.4 Å². The molecule has 7 nitrogen and oxygen atoms in total. The van der Waals surface area contributed by atoms with Crippen LogP contribution in [0.3, 0.4) is 0 Å². The third kappa shape index (κ3) is 4.30. The van der Waals surface area contributed by atoms with Gasteiger partial charge >= 0.3 is 0 Å². The number of hydrogen-bond acceptors (Lipinski definition) is 6. The zero-order chi connectivity index (χ0) is 13.8. The summed E-state index contributed by atoms with van der Waals surface area (Å²) in [6, 6.07) is 4.80. The van der Waals surface area contributed by atoms with Gasteiger partial charge in [0.1, 0.15) is 21.3 Å². The van der Waals surface area contributed by atoms with Gasteiger partial charge in [-0.3, -0.25) is 4.79 Å². The van der Waals surface area contributed by atoms with Gasteiger partial charge in [0, 0.05) is 19.8 Å². The second-order valence-electron chi connectivity index (χ2n) is 3.91. The van der Waals surface area contributed by atoms with E-state index in [4.69, 9.17) is 5.84 Å². The Morgan fingerprint density at radius 2 is 2.17 bits per heavy atom. The van der Waals surface area contributed by atoms with Crippen molar-refractivity contribution in [2.75, 3.05) is 31.0 Å². The fourth-order valence-electron chi connectivity index (χ4n) is 1.23. The molecule has 1 amide bonds. The summed E-state index contributed by atoms with van der Waals surface area (Å²) in [6.45, 7) is 0.125. The van der Waals surface area contributed by atoms with Gasteiger partial charge < -0.3 is 10.3 Å². The van der Waals surface area contributed by atoms with Crippen LogP contribution in [0.15, 0.2) is 18.2 Å². The molecule has 0 aliphatic heterocycles. The van der Waals surface area contributed by atoms with Crippen molar-refractivity contribution in [2.24, 2.45) is 5.84 Å². The topological polar surface area (TPSA) is 105 Å². The van der Waals surface area contributed by atoms with Crippen molar-refractivity contribution in [3.63, 3.8) is 0 Å². The average molecular weight is 272 g/mol. The molecule has 8 heteroatoms. The molecule has 18 heavy (non-hydrogen) atoms. The van der Waals surface area contributed by atoms with Gasteiger partial charge in [-0.15, -0.1) is 0 Å². The molecule has 1 aromatic heterocycles. The number of nitrogens with one attached hydrogen (secondary N) is 1. The Kier molecular flexibility index (Phi) is 4.62. The van der Waals surface area contributed by atoms with Crippen LogP contribution in [0, 0.1) is 0 Å². The normalized spacial score (nSPS) is 11.1. The van der Waals surface area contributed by atoms with Gasteiger partial charge in [-0.25, -0.2) is 19.2 Å². The number of anilines is 1. The van der Waals surface area contributed by atoms with Gasteiger partial charge in [0.05, 0.1) is 5.75 Å². The molecule has 0 aromatic carbocycles. The smallest absolute Gasteiger partial charge is 0.272 e. The molecule has 0 aliphatic rings. The average Bonchev–Trinajstić information content (AvgIpc) is 2.34. The first-order valence-corrected chi connectivity index (χ1v) is 7.26. The number of nitrogen functional groups attached to an aromatic ring is 1. The monoisotopic (exact) mass is 272 g/mol. The van der Waals surface area contributed by atoms with Crippen LogP contribution in [0.4, 0.5) is 5.82 Å². The summed E-state index contributed by atoms with van der Waals surface area (Å²) < 4.78 is 22.0. The summed E-state index contributed by atoms with van der Waals surface area (Å²) in [6.07, 6.45) is 1.13. The minimum absolute atomic E-state index is 0.0793. The molecule has 100 valence electrons. The highest BCUT2D eigenvalue weighted by Crippen LogP contribution is 2.05. The number of hydrogen-bond donors (Lipinski definition) is 2. The van der Waals surface area contributed by atoms with Crippen LogP contribution in [-0.2, 0) is 9.84 Å². The second-order valence-corrected chi connectivity index (χ2v) is 6.17. The molecule has 0 radical (unpaired) electrons. The molecule has 0 spiro atoms. The first-order chi connectivity index (χ1) is 8.33. The van der Waals surface area contributed by atoms with Gasteiger partial charge in [0.2, 0.25) is 0 Å².